The second kappa shape index (κ2) is 5.14. The van der Waals surface area contributed by atoms with Crippen molar-refractivity contribution in [2.45, 2.75) is 77.7 Å². The molecule has 2 nitrogen and oxygen atoms in total. The molecule has 4 rings (SSSR count). The number of unbranched alkanes of at least 4 members (excludes halogenated alkanes) is 1. The fourth-order valence-electron chi connectivity index (χ4n) is 5.95. The van der Waals surface area contributed by atoms with Crippen molar-refractivity contribution in [1.29, 1.82) is 0 Å². The molecule has 4 saturated carbocycles. The van der Waals surface area contributed by atoms with E-state index in [1.807, 2.05) is 6.92 Å². The zero-order chi connectivity index (χ0) is 15.3. The van der Waals surface area contributed by atoms with E-state index in [0.29, 0.717) is 22.8 Å². The number of nitrogens with one attached hydrogen (secondary N) is 1. The Kier molecular flexibility index (Phi) is 3.70. The lowest BCUT2D eigenvalue weighted by atomic mass is 9.43. The summed E-state index contributed by atoms with van der Waals surface area (Å²) in [5.41, 5.74) is 1.29. The summed E-state index contributed by atoms with van der Waals surface area (Å²) >= 11 is 0. The minimum Gasteiger partial charge on any atom is -0.346 e. The van der Waals surface area contributed by atoms with E-state index >= 15 is 0 Å². The average Bonchev–Trinajstić information content (AvgIpc) is 2.39. The van der Waals surface area contributed by atoms with Gasteiger partial charge in [-0.15, -0.1) is 0 Å². The molecule has 118 valence electrons. The zero-order valence-electron chi connectivity index (χ0n) is 14.0. The van der Waals surface area contributed by atoms with E-state index in [2.05, 4.69) is 25.7 Å². The highest BCUT2D eigenvalue weighted by atomic mass is 16.1. The highest BCUT2D eigenvalue weighted by Crippen LogP contribution is 2.64. The molecule has 0 aromatic carbocycles. The molecule has 0 radical (unpaired) electrons. The molecular formula is C19H31NO. The number of carbonyl (C=O) groups is 1. The van der Waals surface area contributed by atoms with E-state index in [9.17, 15) is 4.79 Å². The van der Waals surface area contributed by atoms with E-state index < -0.39 is 0 Å². The second-order valence-electron chi connectivity index (χ2n) is 8.53. The van der Waals surface area contributed by atoms with Crippen molar-refractivity contribution in [1.82, 2.24) is 5.32 Å². The molecule has 4 fully saturated rings. The fraction of sp³-hybridized carbons (Fsp3) is 0.842. The Bertz CT molecular complexity index is 436. The highest BCUT2D eigenvalue weighted by Gasteiger charge is 2.60. The minimum absolute atomic E-state index is 0.0719. The third-order valence-electron chi connectivity index (χ3n) is 6.63. The number of carbonyl (C=O) groups excluding carboxylic acids is 1. The van der Waals surface area contributed by atoms with Crippen molar-refractivity contribution in [2.75, 3.05) is 0 Å². The summed E-state index contributed by atoms with van der Waals surface area (Å²) < 4.78 is 0. The SMILES string of the molecule is C=C(C)C(=O)NC1(CCCC)C2CC3CC1CC(C)(C3)C2. The Morgan fingerprint density at radius 3 is 2.33 bits per heavy atom. The molecule has 1 N–H and O–H groups in total. The van der Waals surface area contributed by atoms with Gasteiger partial charge in [0.2, 0.25) is 5.91 Å². The van der Waals surface area contributed by atoms with Crippen LogP contribution in [0.25, 0.3) is 0 Å². The van der Waals surface area contributed by atoms with Crippen molar-refractivity contribution in [3.8, 4) is 0 Å². The molecule has 0 saturated heterocycles. The number of hydrogen-bond donors (Lipinski definition) is 1. The molecule has 4 aliphatic carbocycles. The van der Waals surface area contributed by atoms with Gasteiger partial charge in [-0.05, 0) is 68.6 Å². The van der Waals surface area contributed by atoms with Crippen LogP contribution in [0.15, 0.2) is 12.2 Å². The highest BCUT2D eigenvalue weighted by molar-refractivity contribution is 5.92. The first-order valence-electron chi connectivity index (χ1n) is 8.86. The lowest BCUT2D eigenvalue weighted by Gasteiger charge is -2.65. The van der Waals surface area contributed by atoms with E-state index in [1.54, 1.807) is 0 Å². The third kappa shape index (κ3) is 2.45. The van der Waals surface area contributed by atoms with Gasteiger partial charge in [0.25, 0.3) is 0 Å². The molecule has 1 amide bonds. The van der Waals surface area contributed by atoms with Crippen LogP contribution in [-0.4, -0.2) is 11.4 Å². The van der Waals surface area contributed by atoms with Gasteiger partial charge in [0.15, 0.2) is 0 Å². The maximum absolute atomic E-state index is 12.4. The molecule has 2 heteroatoms. The van der Waals surface area contributed by atoms with Crippen LogP contribution in [0.4, 0.5) is 0 Å². The van der Waals surface area contributed by atoms with Gasteiger partial charge < -0.3 is 5.32 Å². The largest absolute Gasteiger partial charge is 0.346 e. The summed E-state index contributed by atoms with van der Waals surface area (Å²) in [5, 5.41) is 3.49. The quantitative estimate of drug-likeness (QED) is 0.744. The Balaban J connectivity index is 1.89. The van der Waals surface area contributed by atoms with Crippen molar-refractivity contribution in [3.05, 3.63) is 12.2 Å². The molecule has 21 heavy (non-hydrogen) atoms. The topological polar surface area (TPSA) is 29.1 Å². The number of amides is 1. The Hall–Kier alpha value is -0.790. The van der Waals surface area contributed by atoms with Crippen LogP contribution in [0.3, 0.4) is 0 Å². The van der Waals surface area contributed by atoms with Crippen molar-refractivity contribution in [3.63, 3.8) is 0 Å². The van der Waals surface area contributed by atoms with Crippen LogP contribution in [0, 0.1) is 23.2 Å². The Morgan fingerprint density at radius 1 is 1.24 bits per heavy atom. The molecular weight excluding hydrogens is 258 g/mol. The maximum atomic E-state index is 12.4. The lowest BCUT2D eigenvalue weighted by molar-refractivity contribution is -0.139. The summed E-state index contributed by atoms with van der Waals surface area (Å²) in [6.07, 6.45) is 10.4. The first-order valence-corrected chi connectivity index (χ1v) is 8.86. The molecule has 0 aliphatic heterocycles. The summed E-state index contributed by atoms with van der Waals surface area (Å²) in [4.78, 5) is 12.4. The van der Waals surface area contributed by atoms with Crippen LogP contribution in [0.1, 0.15) is 72.1 Å². The molecule has 0 aromatic rings. The average molecular weight is 289 g/mol. The van der Waals surface area contributed by atoms with Crippen molar-refractivity contribution < 1.29 is 4.79 Å². The summed E-state index contributed by atoms with van der Waals surface area (Å²) in [7, 11) is 0. The Morgan fingerprint density at radius 2 is 1.86 bits per heavy atom. The third-order valence-corrected chi connectivity index (χ3v) is 6.63. The maximum Gasteiger partial charge on any atom is 0.246 e. The van der Waals surface area contributed by atoms with Crippen LogP contribution in [-0.2, 0) is 4.79 Å². The number of hydrogen-bond acceptors (Lipinski definition) is 1. The van der Waals surface area contributed by atoms with E-state index in [-0.39, 0.29) is 11.4 Å². The number of rotatable bonds is 5. The van der Waals surface area contributed by atoms with Gasteiger partial charge in [0, 0.05) is 11.1 Å². The molecule has 2 atom stereocenters. The predicted octanol–water partition coefficient (Wildman–Crippen LogP) is 4.45. The fourth-order valence-corrected chi connectivity index (χ4v) is 5.95. The van der Waals surface area contributed by atoms with Gasteiger partial charge in [-0.2, -0.15) is 0 Å². The van der Waals surface area contributed by atoms with Crippen LogP contribution < -0.4 is 5.32 Å². The molecule has 4 bridgehead atoms. The zero-order valence-corrected chi connectivity index (χ0v) is 14.0. The first kappa shape index (κ1) is 15.1. The van der Waals surface area contributed by atoms with Gasteiger partial charge in [-0.25, -0.2) is 0 Å². The van der Waals surface area contributed by atoms with Crippen molar-refractivity contribution >= 4 is 5.91 Å². The molecule has 2 unspecified atom stereocenters. The van der Waals surface area contributed by atoms with Crippen molar-refractivity contribution in [2.24, 2.45) is 23.2 Å². The van der Waals surface area contributed by atoms with Gasteiger partial charge >= 0.3 is 0 Å². The Labute approximate surface area is 129 Å². The summed E-state index contributed by atoms with van der Waals surface area (Å²) in [6, 6.07) is 0. The van der Waals surface area contributed by atoms with E-state index in [0.717, 1.165) is 5.92 Å². The van der Waals surface area contributed by atoms with E-state index in [4.69, 9.17) is 0 Å². The van der Waals surface area contributed by atoms with E-state index in [1.165, 1.54) is 51.4 Å². The van der Waals surface area contributed by atoms with Crippen LogP contribution >= 0.6 is 0 Å². The van der Waals surface area contributed by atoms with Crippen LogP contribution in [0.2, 0.25) is 0 Å². The second-order valence-corrected chi connectivity index (χ2v) is 8.53. The van der Waals surface area contributed by atoms with Gasteiger partial charge in [0.1, 0.15) is 0 Å². The predicted molar refractivity (Wildman–Crippen MR) is 86.9 cm³/mol. The lowest BCUT2D eigenvalue weighted by Crippen LogP contribution is -2.67. The molecule has 0 heterocycles. The smallest absolute Gasteiger partial charge is 0.246 e. The molecule has 4 aliphatic rings. The standard InChI is InChI=1S/C19H31NO/c1-5-6-7-19(20-17(21)13(2)3)15-8-14-9-16(19)12-18(4,10-14)11-15/h14-16H,2,5-12H2,1,3-4H3,(H,20,21). The first-order chi connectivity index (χ1) is 9.88. The van der Waals surface area contributed by atoms with Gasteiger partial charge in [-0.3, -0.25) is 4.79 Å². The molecule has 0 spiro atoms. The summed E-state index contributed by atoms with van der Waals surface area (Å²) in [6.45, 7) is 10.4. The molecule has 0 aromatic heterocycles. The normalized spacial score (nSPS) is 43.9. The van der Waals surface area contributed by atoms with Gasteiger partial charge in [-0.1, -0.05) is 33.3 Å². The monoisotopic (exact) mass is 289 g/mol. The van der Waals surface area contributed by atoms with Gasteiger partial charge in [0.05, 0.1) is 0 Å². The summed E-state index contributed by atoms with van der Waals surface area (Å²) in [5.74, 6) is 2.40. The van der Waals surface area contributed by atoms with Crippen LogP contribution in [0.5, 0.6) is 0 Å². The minimum atomic E-state index is 0.0719.